The van der Waals surface area contributed by atoms with E-state index >= 15 is 0 Å². The number of Topliss-reactive ketones (excluding diaryl/α,β-unsaturated/α-hetero) is 1. The fraction of sp³-hybridized carbons (Fsp3) is 0.333. The van der Waals surface area contributed by atoms with Gasteiger partial charge in [0.15, 0.2) is 11.5 Å². The number of aromatic nitrogens is 1. The quantitative estimate of drug-likeness (QED) is 0.713. The first kappa shape index (κ1) is 19.8. The number of carbonyl (C=O) groups is 1. The topological polar surface area (TPSA) is 39.4 Å². The van der Waals surface area contributed by atoms with E-state index in [0.717, 1.165) is 16.7 Å². The van der Waals surface area contributed by atoms with E-state index in [4.69, 9.17) is 9.47 Å². The molecule has 0 aliphatic rings. The third-order valence-corrected chi connectivity index (χ3v) is 3.72. The molecule has 0 N–H and O–H groups in total. The molecule has 2 aromatic rings. The second-order valence-electron chi connectivity index (χ2n) is 5.37. The molecule has 4 nitrogen and oxygen atoms in total. The number of pyridine rings is 1. The Morgan fingerprint density at radius 3 is 2.04 bits per heavy atom. The Hall–Kier alpha value is -1.26. The van der Waals surface area contributed by atoms with Crippen LogP contribution in [-0.4, -0.2) is 20.0 Å². The van der Waals surface area contributed by atoms with Crippen LogP contribution < -0.4 is 14.0 Å². The molecule has 0 unspecified atom stereocenters. The van der Waals surface area contributed by atoms with Crippen molar-refractivity contribution in [2.24, 2.45) is 0 Å². The number of hydrogen-bond donors (Lipinski definition) is 0. The van der Waals surface area contributed by atoms with Crippen LogP contribution in [0.2, 0.25) is 0 Å². The van der Waals surface area contributed by atoms with Gasteiger partial charge in [0.25, 0.3) is 0 Å². The Kier molecular flexibility index (Phi) is 7.86. The number of aryl methyl sites for hydroxylation is 2. The summed E-state index contributed by atoms with van der Waals surface area (Å²) in [5, 5.41) is 0. The van der Waals surface area contributed by atoms with Crippen molar-refractivity contribution in [1.29, 1.82) is 0 Å². The van der Waals surface area contributed by atoms with Gasteiger partial charge in [-0.1, -0.05) is 18.2 Å². The van der Waals surface area contributed by atoms with Crippen LogP contribution in [0.15, 0.2) is 36.7 Å². The molecule has 5 heteroatoms. The Bertz CT molecular complexity index is 643. The molecule has 1 aromatic heterocycles. The monoisotopic (exact) mass is 389 g/mol. The van der Waals surface area contributed by atoms with Gasteiger partial charge in [-0.2, -0.15) is 4.57 Å². The largest absolute Gasteiger partial charge is 0.491 e. The standard InChI is InChI=1S/C18H22NO3.Y/c1-13-6-5-7-14(2)18(13)8-15(20)10-19-11-16(21-3)9-17(12-19)22-4;/h5-7,9,11-12H,8,10H2,1-4H3;/q+1;. The van der Waals surface area contributed by atoms with Crippen LogP contribution >= 0.6 is 0 Å². The van der Waals surface area contributed by atoms with Gasteiger partial charge in [0.05, 0.1) is 14.2 Å². The molecule has 0 spiro atoms. The van der Waals surface area contributed by atoms with Gasteiger partial charge in [0.1, 0.15) is 0 Å². The van der Waals surface area contributed by atoms with Crippen molar-refractivity contribution < 1.29 is 51.5 Å². The van der Waals surface area contributed by atoms with E-state index in [-0.39, 0.29) is 38.5 Å². The fourth-order valence-corrected chi connectivity index (χ4v) is 2.48. The third-order valence-electron chi connectivity index (χ3n) is 3.72. The first-order chi connectivity index (χ1) is 10.5. The molecule has 0 fully saturated rings. The van der Waals surface area contributed by atoms with Crippen LogP contribution in [0.25, 0.3) is 0 Å². The summed E-state index contributed by atoms with van der Waals surface area (Å²) < 4.78 is 12.2. The fourth-order valence-electron chi connectivity index (χ4n) is 2.48. The summed E-state index contributed by atoms with van der Waals surface area (Å²) in [7, 11) is 3.19. The number of carbonyl (C=O) groups excluding carboxylic acids is 1. The van der Waals surface area contributed by atoms with Gasteiger partial charge in [0.2, 0.25) is 24.7 Å². The van der Waals surface area contributed by atoms with Crippen molar-refractivity contribution in [3.05, 3.63) is 53.3 Å². The molecule has 0 saturated heterocycles. The molecular weight excluding hydrogens is 367 g/mol. The molecule has 0 bridgehead atoms. The SMILES string of the molecule is COc1cc(OC)c[n+](CC(=O)Cc2c(C)cccc2C)c1.[Y]. The van der Waals surface area contributed by atoms with E-state index in [9.17, 15) is 4.79 Å². The molecule has 0 aliphatic heterocycles. The summed E-state index contributed by atoms with van der Waals surface area (Å²) >= 11 is 0. The van der Waals surface area contributed by atoms with Gasteiger partial charge >= 0.3 is 0 Å². The number of hydrogen-bond acceptors (Lipinski definition) is 3. The summed E-state index contributed by atoms with van der Waals surface area (Å²) in [4.78, 5) is 12.4. The van der Waals surface area contributed by atoms with E-state index in [1.54, 1.807) is 37.2 Å². The molecule has 1 radical (unpaired) electrons. The maximum absolute atomic E-state index is 12.4. The van der Waals surface area contributed by atoms with Crippen molar-refractivity contribution in [1.82, 2.24) is 0 Å². The summed E-state index contributed by atoms with van der Waals surface area (Å²) in [6, 6.07) is 7.88. The predicted octanol–water partition coefficient (Wildman–Crippen LogP) is 2.42. The zero-order valence-electron chi connectivity index (χ0n) is 14.1. The molecule has 0 amide bonds. The molecule has 1 heterocycles. The van der Waals surface area contributed by atoms with Crippen LogP contribution in [0.5, 0.6) is 11.5 Å². The zero-order valence-corrected chi connectivity index (χ0v) is 17.0. The van der Waals surface area contributed by atoms with Crippen molar-refractivity contribution in [2.45, 2.75) is 26.8 Å². The van der Waals surface area contributed by atoms with Crippen molar-refractivity contribution in [3.8, 4) is 11.5 Å². The Labute approximate surface area is 162 Å². The van der Waals surface area contributed by atoms with E-state index in [2.05, 4.69) is 0 Å². The minimum absolute atomic E-state index is 0. The minimum atomic E-state index is 0. The van der Waals surface area contributed by atoms with Crippen molar-refractivity contribution >= 4 is 5.78 Å². The van der Waals surface area contributed by atoms with Crippen LogP contribution in [-0.2, 0) is 50.5 Å². The Morgan fingerprint density at radius 2 is 1.57 bits per heavy atom. The number of ether oxygens (including phenoxy) is 2. The van der Waals surface area contributed by atoms with E-state index < -0.39 is 0 Å². The number of benzene rings is 1. The second kappa shape index (κ2) is 9.14. The van der Waals surface area contributed by atoms with Gasteiger partial charge in [0, 0.05) is 45.2 Å². The number of ketones is 1. The number of methoxy groups -OCH3 is 2. The van der Waals surface area contributed by atoms with Gasteiger partial charge in [-0.25, -0.2) is 0 Å². The molecule has 0 saturated carbocycles. The molecule has 119 valence electrons. The average Bonchev–Trinajstić information content (AvgIpc) is 2.50. The summed E-state index contributed by atoms with van der Waals surface area (Å²) in [5.41, 5.74) is 3.42. The van der Waals surface area contributed by atoms with Crippen molar-refractivity contribution in [3.63, 3.8) is 0 Å². The molecule has 2 rings (SSSR count). The van der Waals surface area contributed by atoms with E-state index in [1.807, 2.05) is 32.0 Å². The molecular formula is C18H22NO3Y+. The molecule has 1 aromatic carbocycles. The third kappa shape index (κ3) is 5.40. The molecule has 0 aliphatic carbocycles. The number of rotatable bonds is 6. The molecule has 0 atom stereocenters. The average molecular weight is 389 g/mol. The van der Waals surface area contributed by atoms with Gasteiger partial charge in [-0.05, 0) is 30.5 Å². The smallest absolute Gasteiger partial charge is 0.211 e. The van der Waals surface area contributed by atoms with Crippen LogP contribution in [0.4, 0.5) is 0 Å². The first-order valence-corrected chi connectivity index (χ1v) is 7.22. The summed E-state index contributed by atoms with van der Waals surface area (Å²) in [6.07, 6.45) is 4.03. The van der Waals surface area contributed by atoms with Gasteiger partial charge < -0.3 is 9.47 Å². The van der Waals surface area contributed by atoms with E-state index in [0.29, 0.717) is 24.5 Å². The zero-order chi connectivity index (χ0) is 16.1. The maximum Gasteiger partial charge on any atom is 0.211 e. The minimum Gasteiger partial charge on any atom is -0.491 e. The van der Waals surface area contributed by atoms with Crippen LogP contribution in [0.3, 0.4) is 0 Å². The Balaban J connectivity index is 0.00000264. The van der Waals surface area contributed by atoms with Crippen molar-refractivity contribution in [2.75, 3.05) is 14.2 Å². The Morgan fingerprint density at radius 1 is 1.04 bits per heavy atom. The van der Waals surface area contributed by atoms with Gasteiger partial charge in [-0.15, -0.1) is 0 Å². The predicted molar refractivity (Wildman–Crippen MR) is 84.4 cm³/mol. The maximum atomic E-state index is 12.4. The number of nitrogens with zero attached hydrogens (tertiary/aromatic N) is 1. The van der Waals surface area contributed by atoms with E-state index in [1.165, 1.54) is 0 Å². The normalized spacial score (nSPS) is 9.91. The van der Waals surface area contributed by atoms with Crippen LogP contribution in [0.1, 0.15) is 16.7 Å². The van der Waals surface area contributed by atoms with Gasteiger partial charge in [-0.3, -0.25) is 4.79 Å². The summed E-state index contributed by atoms with van der Waals surface area (Å²) in [5.74, 6) is 1.48. The summed E-state index contributed by atoms with van der Waals surface area (Å²) in [6.45, 7) is 4.37. The molecule has 23 heavy (non-hydrogen) atoms. The first-order valence-electron chi connectivity index (χ1n) is 7.22. The van der Waals surface area contributed by atoms with Crippen LogP contribution in [0, 0.1) is 13.8 Å². The second-order valence-corrected chi connectivity index (χ2v) is 5.37.